The first kappa shape index (κ1) is 14.0. The van der Waals surface area contributed by atoms with E-state index in [4.69, 9.17) is 0 Å². The van der Waals surface area contributed by atoms with Crippen LogP contribution in [0, 0.1) is 6.92 Å². The maximum atomic E-state index is 12.3. The van der Waals surface area contributed by atoms with Gasteiger partial charge in [-0.3, -0.25) is 14.5 Å². The number of pyridine rings is 1. The van der Waals surface area contributed by atoms with Gasteiger partial charge in [0.15, 0.2) is 0 Å². The standard InChI is InChI=1S/C14H19N5O/c1-9(2)19-8-11(6-17-19)18-14(20)12-7-16-10(3)5-13(12)15-4/h5-9H,1-4H3,(H,15,16)(H,18,20). The Morgan fingerprint density at radius 2 is 2.10 bits per heavy atom. The number of nitrogens with zero attached hydrogens (tertiary/aromatic N) is 3. The number of anilines is 2. The molecule has 0 fully saturated rings. The summed E-state index contributed by atoms with van der Waals surface area (Å²) in [5, 5.41) is 10.0. The van der Waals surface area contributed by atoms with Crippen LogP contribution in [0.4, 0.5) is 11.4 Å². The van der Waals surface area contributed by atoms with E-state index in [1.54, 1.807) is 24.1 Å². The van der Waals surface area contributed by atoms with E-state index in [-0.39, 0.29) is 11.9 Å². The first-order valence-corrected chi connectivity index (χ1v) is 6.51. The van der Waals surface area contributed by atoms with E-state index >= 15 is 0 Å². The predicted molar refractivity (Wildman–Crippen MR) is 79.1 cm³/mol. The maximum Gasteiger partial charge on any atom is 0.259 e. The number of nitrogens with one attached hydrogen (secondary N) is 2. The van der Waals surface area contributed by atoms with Gasteiger partial charge in [-0.1, -0.05) is 0 Å². The molecule has 6 heteroatoms. The molecule has 20 heavy (non-hydrogen) atoms. The molecule has 0 radical (unpaired) electrons. The lowest BCUT2D eigenvalue weighted by atomic mass is 10.2. The number of aromatic nitrogens is 3. The van der Waals surface area contributed by atoms with Crippen molar-refractivity contribution in [3.05, 3.63) is 35.9 Å². The van der Waals surface area contributed by atoms with Gasteiger partial charge in [-0.2, -0.15) is 5.10 Å². The quantitative estimate of drug-likeness (QED) is 0.897. The molecule has 0 aliphatic rings. The van der Waals surface area contributed by atoms with Gasteiger partial charge in [0.05, 0.1) is 23.1 Å². The van der Waals surface area contributed by atoms with Crippen LogP contribution in [0.2, 0.25) is 0 Å². The summed E-state index contributed by atoms with van der Waals surface area (Å²) in [6.07, 6.45) is 5.02. The van der Waals surface area contributed by atoms with Gasteiger partial charge in [0, 0.05) is 31.2 Å². The Morgan fingerprint density at radius 1 is 1.35 bits per heavy atom. The van der Waals surface area contributed by atoms with E-state index in [1.165, 1.54) is 0 Å². The Balaban J connectivity index is 2.19. The molecule has 0 unspecified atom stereocenters. The molecule has 2 aromatic rings. The molecule has 0 aliphatic heterocycles. The summed E-state index contributed by atoms with van der Waals surface area (Å²) in [7, 11) is 1.78. The summed E-state index contributed by atoms with van der Waals surface area (Å²) in [5.74, 6) is -0.204. The molecule has 2 N–H and O–H groups in total. The minimum Gasteiger partial charge on any atom is -0.387 e. The number of hydrogen-bond donors (Lipinski definition) is 2. The fraction of sp³-hybridized carbons (Fsp3) is 0.357. The van der Waals surface area contributed by atoms with Crippen LogP contribution < -0.4 is 10.6 Å². The molecule has 106 valence electrons. The lowest BCUT2D eigenvalue weighted by Crippen LogP contribution is -2.14. The summed E-state index contributed by atoms with van der Waals surface area (Å²) < 4.78 is 1.79. The second kappa shape index (κ2) is 5.73. The van der Waals surface area contributed by atoms with Crippen molar-refractivity contribution < 1.29 is 4.79 Å². The summed E-state index contributed by atoms with van der Waals surface area (Å²) in [4.78, 5) is 16.4. The fourth-order valence-electron chi connectivity index (χ4n) is 1.83. The van der Waals surface area contributed by atoms with E-state index in [9.17, 15) is 4.79 Å². The number of carbonyl (C=O) groups excluding carboxylic acids is 1. The van der Waals surface area contributed by atoms with Crippen molar-refractivity contribution in [2.45, 2.75) is 26.8 Å². The first-order valence-electron chi connectivity index (χ1n) is 6.51. The van der Waals surface area contributed by atoms with Crippen LogP contribution in [-0.4, -0.2) is 27.7 Å². The molecular weight excluding hydrogens is 254 g/mol. The SMILES string of the molecule is CNc1cc(C)ncc1C(=O)Nc1cnn(C(C)C)c1. The maximum absolute atomic E-state index is 12.3. The van der Waals surface area contributed by atoms with Crippen LogP contribution in [0.1, 0.15) is 35.9 Å². The summed E-state index contributed by atoms with van der Waals surface area (Å²) in [5.41, 5.74) is 2.80. The Bertz CT molecular complexity index is 618. The smallest absolute Gasteiger partial charge is 0.259 e. The fourth-order valence-corrected chi connectivity index (χ4v) is 1.83. The summed E-state index contributed by atoms with van der Waals surface area (Å²) in [6.45, 7) is 5.94. The average Bonchev–Trinajstić information content (AvgIpc) is 2.87. The van der Waals surface area contributed by atoms with Gasteiger partial charge in [0.25, 0.3) is 5.91 Å². The molecule has 0 bridgehead atoms. The van der Waals surface area contributed by atoms with Gasteiger partial charge in [0.2, 0.25) is 0 Å². The van der Waals surface area contributed by atoms with Gasteiger partial charge >= 0.3 is 0 Å². The monoisotopic (exact) mass is 273 g/mol. The lowest BCUT2D eigenvalue weighted by Gasteiger charge is -2.09. The van der Waals surface area contributed by atoms with Gasteiger partial charge in [-0.15, -0.1) is 0 Å². The van der Waals surface area contributed by atoms with E-state index in [0.717, 1.165) is 11.4 Å². The van der Waals surface area contributed by atoms with E-state index in [2.05, 4.69) is 20.7 Å². The molecule has 0 atom stereocenters. The normalized spacial score (nSPS) is 10.7. The zero-order valence-corrected chi connectivity index (χ0v) is 12.1. The molecular formula is C14H19N5O. The van der Waals surface area contributed by atoms with Crippen molar-refractivity contribution in [3.63, 3.8) is 0 Å². The van der Waals surface area contributed by atoms with E-state index < -0.39 is 0 Å². The molecule has 0 saturated carbocycles. The molecule has 0 aliphatic carbocycles. The molecule has 1 amide bonds. The second-order valence-corrected chi connectivity index (χ2v) is 4.88. The molecule has 2 rings (SSSR count). The van der Waals surface area contributed by atoms with Crippen LogP contribution in [0.25, 0.3) is 0 Å². The average molecular weight is 273 g/mol. The van der Waals surface area contributed by atoms with Crippen LogP contribution in [-0.2, 0) is 0 Å². The zero-order chi connectivity index (χ0) is 14.7. The second-order valence-electron chi connectivity index (χ2n) is 4.88. The number of rotatable bonds is 4. The molecule has 6 nitrogen and oxygen atoms in total. The van der Waals surface area contributed by atoms with Crippen molar-refractivity contribution >= 4 is 17.3 Å². The van der Waals surface area contributed by atoms with Crippen molar-refractivity contribution in [1.29, 1.82) is 0 Å². The van der Waals surface area contributed by atoms with Crippen LogP contribution in [0.5, 0.6) is 0 Å². The van der Waals surface area contributed by atoms with Gasteiger partial charge in [-0.05, 0) is 26.8 Å². The Labute approximate surface area is 118 Å². The van der Waals surface area contributed by atoms with Crippen LogP contribution in [0.3, 0.4) is 0 Å². The summed E-state index contributed by atoms with van der Waals surface area (Å²) in [6, 6.07) is 2.10. The highest BCUT2D eigenvalue weighted by Crippen LogP contribution is 2.17. The van der Waals surface area contributed by atoms with Gasteiger partial charge in [0.1, 0.15) is 0 Å². The third-order valence-corrected chi connectivity index (χ3v) is 2.94. The molecule has 2 aromatic heterocycles. The van der Waals surface area contributed by atoms with Gasteiger partial charge in [-0.25, -0.2) is 0 Å². The first-order chi connectivity index (χ1) is 9.51. The minimum atomic E-state index is -0.204. The van der Waals surface area contributed by atoms with E-state index in [1.807, 2.05) is 33.0 Å². The summed E-state index contributed by atoms with van der Waals surface area (Å²) >= 11 is 0. The van der Waals surface area contributed by atoms with Crippen molar-refractivity contribution in [3.8, 4) is 0 Å². The number of amides is 1. The topological polar surface area (TPSA) is 71.8 Å². The number of carbonyl (C=O) groups is 1. The Morgan fingerprint density at radius 3 is 2.70 bits per heavy atom. The van der Waals surface area contributed by atoms with Crippen LogP contribution >= 0.6 is 0 Å². The molecule has 0 saturated heterocycles. The third kappa shape index (κ3) is 2.96. The highest BCUT2D eigenvalue weighted by molar-refractivity contribution is 6.07. The zero-order valence-electron chi connectivity index (χ0n) is 12.1. The van der Waals surface area contributed by atoms with E-state index in [0.29, 0.717) is 11.3 Å². The van der Waals surface area contributed by atoms with Crippen LogP contribution in [0.15, 0.2) is 24.7 Å². The number of hydrogen-bond acceptors (Lipinski definition) is 4. The van der Waals surface area contributed by atoms with Crippen molar-refractivity contribution in [2.75, 3.05) is 17.7 Å². The lowest BCUT2D eigenvalue weighted by molar-refractivity contribution is 0.102. The predicted octanol–water partition coefficient (Wildman–Crippen LogP) is 2.46. The minimum absolute atomic E-state index is 0.204. The van der Waals surface area contributed by atoms with Crippen molar-refractivity contribution in [1.82, 2.24) is 14.8 Å². The van der Waals surface area contributed by atoms with Crippen molar-refractivity contribution in [2.24, 2.45) is 0 Å². The Hall–Kier alpha value is -2.37. The Kier molecular flexibility index (Phi) is 4.02. The molecule has 0 spiro atoms. The largest absolute Gasteiger partial charge is 0.387 e. The highest BCUT2D eigenvalue weighted by Gasteiger charge is 2.13. The number of aryl methyl sites for hydroxylation is 1. The van der Waals surface area contributed by atoms with Gasteiger partial charge < -0.3 is 10.6 Å². The molecule has 0 aromatic carbocycles. The molecule has 2 heterocycles. The highest BCUT2D eigenvalue weighted by atomic mass is 16.1. The third-order valence-electron chi connectivity index (χ3n) is 2.94.